The number of urea groups is 1. The normalized spacial score (nSPS) is 16.4. The first kappa shape index (κ1) is 39.9. The fourth-order valence-corrected chi connectivity index (χ4v) is 8.62. The van der Waals surface area contributed by atoms with E-state index in [1.165, 1.54) is 34.8 Å². The Bertz CT molecular complexity index is 1710. The summed E-state index contributed by atoms with van der Waals surface area (Å²) >= 11 is 1.58. The summed E-state index contributed by atoms with van der Waals surface area (Å²) in [4.78, 5) is 36.1. The van der Waals surface area contributed by atoms with Gasteiger partial charge in [-0.15, -0.1) is 11.3 Å². The van der Waals surface area contributed by atoms with Crippen LogP contribution in [0.5, 0.6) is 0 Å². The SMILES string of the molecule is CCC(C)C(C(=O)N[C@@H](Cc1ccccc1)[C@H](O)CN(CC(C)C)S(=O)(=O)c1ccc(/C=N/O)cc1)N1CCN(Cc2csc(C(C)C)n2)C1=O. The van der Waals surface area contributed by atoms with E-state index >= 15 is 0 Å². The van der Waals surface area contributed by atoms with Crippen LogP contribution in [0.2, 0.25) is 0 Å². The molecular formula is C37H52N6O6S2. The van der Waals surface area contributed by atoms with Gasteiger partial charge in [0.1, 0.15) is 6.04 Å². The van der Waals surface area contributed by atoms with E-state index < -0.39 is 34.1 Å². The Morgan fingerprint density at radius 1 is 1.06 bits per heavy atom. The molecule has 4 rings (SSSR count). The summed E-state index contributed by atoms with van der Waals surface area (Å²) in [5.74, 6) is -0.346. The number of nitrogens with zero attached hydrogens (tertiary/aromatic N) is 5. The molecule has 2 aromatic carbocycles. The largest absolute Gasteiger partial charge is 0.411 e. The maximum atomic E-state index is 14.3. The molecule has 0 bridgehead atoms. The van der Waals surface area contributed by atoms with E-state index in [1.807, 2.05) is 63.4 Å². The Morgan fingerprint density at radius 3 is 2.33 bits per heavy atom. The van der Waals surface area contributed by atoms with E-state index in [9.17, 15) is 23.1 Å². The molecule has 1 aliphatic heterocycles. The summed E-state index contributed by atoms with van der Waals surface area (Å²) in [6.07, 6.45) is 0.799. The zero-order valence-electron chi connectivity index (χ0n) is 30.3. The van der Waals surface area contributed by atoms with Crippen molar-refractivity contribution in [3.05, 3.63) is 81.8 Å². The van der Waals surface area contributed by atoms with Crippen molar-refractivity contribution < 1.29 is 28.3 Å². The van der Waals surface area contributed by atoms with Crippen LogP contribution in [0, 0.1) is 11.8 Å². The fourth-order valence-electron chi connectivity index (χ4n) is 6.17. The third-order valence-corrected chi connectivity index (χ3v) is 12.1. The molecule has 0 aliphatic carbocycles. The van der Waals surface area contributed by atoms with Crippen LogP contribution in [0.1, 0.15) is 75.7 Å². The maximum absolute atomic E-state index is 14.3. The summed E-state index contributed by atoms with van der Waals surface area (Å²) in [6.45, 7) is 12.9. The van der Waals surface area contributed by atoms with E-state index in [1.54, 1.807) is 21.1 Å². The van der Waals surface area contributed by atoms with Crippen molar-refractivity contribution in [2.45, 2.75) is 89.9 Å². The van der Waals surface area contributed by atoms with Crippen molar-refractivity contribution in [2.75, 3.05) is 26.2 Å². The molecule has 4 atom stereocenters. The Kier molecular flexibility index (Phi) is 14.1. The van der Waals surface area contributed by atoms with Crippen LogP contribution in [0.25, 0.3) is 0 Å². The second-order valence-corrected chi connectivity index (χ2v) is 16.8. The molecule has 278 valence electrons. The highest BCUT2D eigenvalue weighted by Gasteiger charge is 2.41. The molecule has 51 heavy (non-hydrogen) atoms. The van der Waals surface area contributed by atoms with Gasteiger partial charge in [0.2, 0.25) is 15.9 Å². The molecule has 2 heterocycles. The maximum Gasteiger partial charge on any atom is 0.321 e. The van der Waals surface area contributed by atoms with E-state index in [0.29, 0.717) is 37.5 Å². The van der Waals surface area contributed by atoms with Crippen LogP contribution in [0.4, 0.5) is 4.79 Å². The number of oxime groups is 1. The molecule has 3 amide bonds. The molecule has 12 nitrogen and oxygen atoms in total. The smallest absolute Gasteiger partial charge is 0.321 e. The number of benzene rings is 2. The Hall–Kier alpha value is -3.85. The molecule has 3 aromatic rings. The Labute approximate surface area is 306 Å². The van der Waals surface area contributed by atoms with Crippen LogP contribution in [-0.2, 0) is 27.8 Å². The van der Waals surface area contributed by atoms with Crippen LogP contribution in [-0.4, -0.2) is 100 Å². The summed E-state index contributed by atoms with van der Waals surface area (Å²) in [5.41, 5.74) is 2.20. The van der Waals surface area contributed by atoms with Crippen molar-refractivity contribution in [3.8, 4) is 0 Å². The zero-order valence-corrected chi connectivity index (χ0v) is 32.0. The minimum atomic E-state index is -4.06. The average molecular weight is 741 g/mol. The number of aliphatic hydroxyl groups is 1. The van der Waals surface area contributed by atoms with Gasteiger partial charge in [0, 0.05) is 37.5 Å². The van der Waals surface area contributed by atoms with Gasteiger partial charge in [0.25, 0.3) is 0 Å². The summed E-state index contributed by atoms with van der Waals surface area (Å²) in [7, 11) is -4.06. The topological polar surface area (TPSA) is 156 Å². The van der Waals surface area contributed by atoms with Crippen LogP contribution in [0.3, 0.4) is 0 Å². The molecule has 1 saturated heterocycles. The summed E-state index contributed by atoms with van der Waals surface area (Å²) < 4.78 is 29.1. The molecule has 14 heteroatoms. The number of amides is 3. The number of hydrogen-bond acceptors (Lipinski definition) is 9. The van der Waals surface area contributed by atoms with Crippen molar-refractivity contribution in [1.82, 2.24) is 24.4 Å². The van der Waals surface area contributed by atoms with Gasteiger partial charge in [-0.25, -0.2) is 18.2 Å². The lowest BCUT2D eigenvalue weighted by Gasteiger charge is -2.35. The molecular weight excluding hydrogens is 689 g/mol. The molecule has 0 saturated carbocycles. The average Bonchev–Trinajstić information content (AvgIpc) is 3.71. The molecule has 1 aliphatic rings. The fraction of sp³-hybridized carbons (Fsp3) is 0.514. The third kappa shape index (κ3) is 10.4. The number of hydrogen-bond donors (Lipinski definition) is 3. The van der Waals surface area contributed by atoms with Gasteiger partial charge in [0.05, 0.1) is 40.5 Å². The van der Waals surface area contributed by atoms with Gasteiger partial charge in [-0.1, -0.05) is 95.6 Å². The molecule has 0 radical (unpaired) electrons. The van der Waals surface area contributed by atoms with Crippen molar-refractivity contribution >= 4 is 39.5 Å². The van der Waals surface area contributed by atoms with Crippen LogP contribution < -0.4 is 5.32 Å². The van der Waals surface area contributed by atoms with Gasteiger partial charge >= 0.3 is 6.03 Å². The van der Waals surface area contributed by atoms with Crippen LogP contribution in [0.15, 0.2) is 70.0 Å². The van der Waals surface area contributed by atoms with Gasteiger partial charge in [0.15, 0.2) is 0 Å². The van der Waals surface area contributed by atoms with E-state index in [2.05, 4.69) is 29.3 Å². The first-order chi connectivity index (χ1) is 24.2. The predicted molar refractivity (Wildman–Crippen MR) is 199 cm³/mol. The highest BCUT2D eigenvalue weighted by atomic mass is 32.2. The molecule has 0 spiro atoms. The van der Waals surface area contributed by atoms with E-state index in [4.69, 9.17) is 5.21 Å². The lowest BCUT2D eigenvalue weighted by molar-refractivity contribution is -0.128. The van der Waals surface area contributed by atoms with Gasteiger partial charge in [-0.05, 0) is 41.5 Å². The lowest BCUT2D eigenvalue weighted by atomic mass is 9.95. The van der Waals surface area contributed by atoms with Crippen LogP contribution >= 0.6 is 11.3 Å². The van der Waals surface area contributed by atoms with E-state index in [0.717, 1.165) is 16.3 Å². The third-order valence-electron chi connectivity index (χ3n) is 9.11. The van der Waals surface area contributed by atoms with Gasteiger partial charge in [-0.2, -0.15) is 4.31 Å². The number of carbonyl (C=O) groups excluding carboxylic acids is 2. The number of nitrogens with one attached hydrogen (secondary N) is 1. The highest BCUT2D eigenvalue weighted by Crippen LogP contribution is 2.25. The Morgan fingerprint density at radius 2 is 1.75 bits per heavy atom. The number of aliphatic hydroxyl groups excluding tert-OH is 1. The number of thiazole rings is 1. The molecule has 1 fully saturated rings. The lowest BCUT2D eigenvalue weighted by Crippen LogP contribution is -2.57. The van der Waals surface area contributed by atoms with Crippen molar-refractivity contribution in [3.63, 3.8) is 0 Å². The van der Waals surface area contributed by atoms with Crippen molar-refractivity contribution in [2.24, 2.45) is 17.0 Å². The number of sulfonamides is 1. The Balaban J connectivity index is 1.58. The highest BCUT2D eigenvalue weighted by molar-refractivity contribution is 7.89. The second-order valence-electron chi connectivity index (χ2n) is 14.0. The zero-order chi connectivity index (χ0) is 37.3. The number of rotatable bonds is 18. The summed E-state index contributed by atoms with van der Waals surface area (Å²) in [6, 6.07) is 13.4. The first-order valence-corrected chi connectivity index (χ1v) is 19.9. The quantitative estimate of drug-likeness (QED) is 0.0925. The van der Waals surface area contributed by atoms with Crippen molar-refractivity contribution in [1.29, 1.82) is 0 Å². The molecule has 1 aromatic heterocycles. The van der Waals surface area contributed by atoms with E-state index in [-0.39, 0.29) is 42.3 Å². The molecule has 2 unspecified atom stereocenters. The number of aromatic nitrogens is 1. The predicted octanol–water partition coefficient (Wildman–Crippen LogP) is 5.16. The minimum Gasteiger partial charge on any atom is -0.411 e. The summed E-state index contributed by atoms with van der Waals surface area (Å²) in [5, 5.41) is 29.7. The second kappa shape index (κ2) is 18.1. The van der Waals surface area contributed by atoms with Gasteiger partial charge in [-0.3, -0.25) is 4.79 Å². The monoisotopic (exact) mass is 740 g/mol. The number of carbonyl (C=O) groups is 2. The molecule has 3 N–H and O–H groups in total. The standard InChI is InChI=1S/C37H52N6O6S2/c1-7-27(6)34(43-18-17-41(37(43)46)22-30-24-50-36(39-30)26(4)5)35(45)40-32(19-28-11-9-8-10-12-28)33(44)23-42(21-25(2)3)51(48,49)31-15-13-29(14-16-31)20-38-47/h8-16,20,24-27,32-34,44,47H,7,17-19,21-23H2,1-6H3,(H,40,45)/b38-20+/t27?,32-,33+,34?/m0/s1. The minimum absolute atomic E-state index is 0.0288. The first-order valence-electron chi connectivity index (χ1n) is 17.5. The van der Waals surface area contributed by atoms with Gasteiger partial charge < -0.3 is 25.4 Å².